The lowest BCUT2D eigenvalue weighted by atomic mass is 10.1. The summed E-state index contributed by atoms with van der Waals surface area (Å²) in [5.74, 6) is 0.862. The Hall–Kier alpha value is -1.04. The highest BCUT2D eigenvalue weighted by Gasteiger charge is 2.14. The minimum atomic E-state index is -0.0165. The van der Waals surface area contributed by atoms with Crippen LogP contribution in [0.1, 0.15) is 12.8 Å². The topological polar surface area (TPSA) is 50.4 Å². The highest BCUT2D eigenvalue weighted by molar-refractivity contribution is 7.99. The van der Waals surface area contributed by atoms with Crippen LogP contribution in [0.4, 0.5) is 0 Å². The number of ether oxygens (including phenoxy) is 1. The van der Waals surface area contributed by atoms with Crippen LogP contribution in [-0.4, -0.2) is 44.0 Å². The molecule has 110 valence electrons. The first kappa shape index (κ1) is 15.4. The summed E-state index contributed by atoms with van der Waals surface area (Å²) >= 11 is 1.74. The molecule has 1 aliphatic heterocycles. The Morgan fingerprint density at radius 3 is 2.80 bits per heavy atom. The van der Waals surface area contributed by atoms with E-state index >= 15 is 0 Å². The number of piperidine rings is 1. The van der Waals surface area contributed by atoms with Crippen LogP contribution in [-0.2, 0) is 9.53 Å². The van der Waals surface area contributed by atoms with Gasteiger partial charge in [0.05, 0.1) is 6.10 Å². The van der Waals surface area contributed by atoms with Crippen LogP contribution in [0, 0.1) is 0 Å². The molecule has 0 aliphatic carbocycles. The summed E-state index contributed by atoms with van der Waals surface area (Å²) in [4.78, 5) is 12.9. The SMILES string of the molecule is O=C(COC1CCNCC1)NCCSc1ccccc1. The smallest absolute Gasteiger partial charge is 0.246 e. The van der Waals surface area contributed by atoms with Gasteiger partial charge in [0.15, 0.2) is 0 Å². The van der Waals surface area contributed by atoms with E-state index in [0.717, 1.165) is 31.7 Å². The number of nitrogens with one attached hydrogen (secondary N) is 2. The fourth-order valence-electron chi connectivity index (χ4n) is 2.08. The van der Waals surface area contributed by atoms with Crippen LogP contribution in [0.5, 0.6) is 0 Å². The van der Waals surface area contributed by atoms with Crippen molar-refractivity contribution in [3.05, 3.63) is 30.3 Å². The molecule has 1 amide bonds. The number of benzene rings is 1. The molecule has 0 aromatic heterocycles. The molecule has 4 nitrogen and oxygen atoms in total. The third kappa shape index (κ3) is 5.94. The monoisotopic (exact) mass is 294 g/mol. The highest BCUT2D eigenvalue weighted by atomic mass is 32.2. The predicted octanol–water partition coefficient (Wildman–Crippen LogP) is 1.66. The van der Waals surface area contributed by atoms with E-state index in [2.05, 4.69) is 22.8 Å². The minimum Gasteiger partial charge on any atom is -0.368 e. The Bertz CT molecular complexity index is 394. The quantitative estimate of drug-likeness (QED) is 0.593. The van der Waals surface area contributed by atoms with Gasteiger partial charge in [-0.1, -0.05) is 18.2 Å². The number of carbonyl (C=O) groups is 1. The molecule has 1 aliphatic rings. The Balaban J connectivity index is 1.51. The molecule has 5 heteroatoms. The van der Waals surface area contributed by atoms with Crippen molar-refractivity contribution in [2.75, 3.05) is 32.0 Å². The van der Waals surface area contributed by atoms with Crippen molar-refractivity contribution in [1.29, 1.82) is 0 Å². The number of hydrogen-bond acceptors (Lipinski definition) is 4. The molecule has 20 heavy (non-hydrogen) atoms. The third-order valence-electron chi connectivity index (χ3n) is 3.17. The van der Waals surface area contributed by atoms with Crippen molar-refractivity contribution in [3.63, 3.8) is 0 Å². The first-order chi connectivity index (χ1) is 9.84. The van der Waals surface area contributed by atoms with E-state index in [1.807, 2.05) is 18.2 Å². The fraction of sp³-hybridized carbons (Fsp3) is 0.533. The number of carbonyl (C=O) groups excluding carboxylic acids is 1. The van der Waals surface area contributed by atoms with Gasteiger partial charge in [-0.15, -0.1) is 11.8 Å². The molecule has 0 radical (unpaired) electrons. The van der Waals surface area contributed by atoms with Gasteiger partial charge in [0.25, 0.3) is 0 Å². The molecule has 0 saturated carbocycles. The summed E-state index contributed by atoms with van der Waals surface area (Å²) in [6.45, 7) is 2.83. The first-order valence-electron chi connectivity index (χ1n) is 7.11. The van der Waals surface area contributed by atoms with Crippen molar-refractivity contribution in [3.8, 4) is 0 Å². The van der Waals surface area contributed by atoms with Crippen LogP contribution in [0.25, 0.3) is 0 Å². The second-order valence-electron chi connectivity index (χ2n) is 4.77. The van der Waals surface area contributed by atoms with Gasteiger partial charge in [-0.2, -0.15) is 0 Å². The second-order valence-corrected chi connectivity index (χ2v) is 5.94. The van der Waals surface area contributed by atoms with Crippen LogP contribution in [0.2, 0.25) is 0 Å². The van der Waals surface area contributed by atoms with Gasteiger partial charge in [-0.05, 0) is 38.1 Å². The molecule has 1 aromatic rings. The molecule has 1 aromatic carbocycles. The zero-order valence-corrected chi connectivity index (χ0v) is 12.5. The van der Waals surface area contributed by atoms with Crippen LogP contribution in [0.15, 0.2) is 35.2 Å². The van der Waals surface area contributed by atoms with E-state index in [0.29, 0.717) is 6.54 Å². The molecule has 0 bridgehead atoms. The summed E-state index contributed by atoms with van der Waals surface area (Å²) < 4.78 is 5.60. The maximum absolute atomic E-state index is 11.6. The van der Waals surface area contributed by atoms with Crippen LogP contribution >= 0.6 is 11.8 Å². The average molecular weight is 294 g/mol. The van der Waals surface area contributed by atoms with Gasteiger partial charge in [-0.3, -0.25) is 4.79 Å². The number of rotatable bonds is 7. The lowest BCUT2D eigenvalue weighted by Crippen LogP contribution is -2.36. The molecule has 1 heterocycles. The van der Waals surface area contributed by atoms with E-state index in [4.69, 9.17) is 4.74 Å². The van der Waals surface area contributed by atoms with Crippen LogP contribution < -0.4 is 10.6 Å². The van der Waals surface area contributed by atoms with Gasteiger partial charge in [0, 0.05) is 17.2 Å². The van der Waals surface area contributed by atoms with E-state index in [-0.39, 0.29) is 18.6 Å². The minimum absolute atomic E-state index is 0.0165. The third-order valence-corrected chi connectivity index (χ3v) is 4.19. The van der Waals surface area contributed by atoms with Crippen molar-refractivity contribution in [2.24, 2.45) is 0 Å². The number of amides is 1. The van der Waals surface area contributed by atoms with Gasteiger partial charge in [0.1, 0.15) is 6.61 Å². The standard InChI is InChI=1S/C15H22N2O2S/c18-15(12-19-13-6-8-16-9-7-13)17-10-11-20-14-4-2-1-3-5-14/h1-5,13,16H,6-12H2,(H,17,18). The van der Waals surface area contributed by atoms with Crippen molar-refractivity contribution >= 4 is 17.7 Å². The second kappa shape index (κ2) is 9.00. The van der Waals surface area contributed by atoms with Gasteiger partial charge in [0.2, 0.25) is 5.91 Å². The van der Waals surface area contributed by atoms with E-state index in [1.165, 1.54) is 4.90 Å². The Morgan fingerprint density at radius 2 is 2.05 bits per heavy atom. The molecule has 0 unspecified atom stereocenters. The summed E-state index contributed by atoms with van der Waals surface area (Å²) in [5, 5.41) is 6.17. The van der Waals surface area contributed by atoms with Gasteiger partial charge >= 0.3 is 0 Å². The van der Waals surface area contributed by atoms with Crippen molar-refractivity contribution in [2.45, 2.75) is 23.8 Å². The van der Waals surface area contributed by atoms with E-state index < -0.39 is 0 Å². The molecule has 0 atom stereocenters. The maximum atomic E-state index is 11.6. The zero-order chi connectivity index (χ0) is 14.0. The van der Waals surface area contributed by atoms with E-state index in [9.17, 15) is 4.79 Å². The average Bonchev–Trinajstić information content (AvgIpc) is 2.52. The molecule has 1 saturated heterocycles. The lowest BCUT2D eigenvalue weighted by Gasteiger charge is -2.22. The predicted molar refractivity (Wildman–Crippen MR) is 82.0 cm³/mol. The summed E-state index contributed by atoms with van der Waals surface area (Å²) in [7, 11) is 0. The number of hydrogen-bond donors (Lipinski definition) is 2. The van der Waals surface area contributed by atoms with Crippen molar-refractivity contribution < 1.29 is 9.53 Å². The van der Waals surface area contributed by atoms with Crippen molar-refractivity contribution in [1.82, 2.24) is 10.6 Å². The highest BCUT2D eigenvalue weighted by Crippen LogP contribution is 2.15. The van der Waals surface area contributed by atoms with E-state index in [1.54, 1.807) is 11.8 Å². The Kier molecular flexibility index (Phi) is 6.91. The fourth-order valence-corrected chi connectivity index (χ4v) is 2.87. The molecular weight excluding hydrogens is 272 g/mol. The summed E-state index contributed by atoms with van der Waals surface area (Å²) in [5.41, 5.74) is 0. The van der Waals surface area contributed by atoms with Gasteiger partial charge < -0.3 is 15.4 Å². The Labute approximate surface area is 124 Å². The molecule has 0 spiro atoms. The molecular formula is C15H22N2O2S. The number of thioether (sulfide) groups is 1. The first-order valence-corrected chi connectivity index (χ1v) is 8.10. The largest absolute Gasteiger partial charge is 0.368 e. The van der Waals surface area contributed by atoms with Crippen LogP contribution in [0.3, 0.4) is 0 Å². The van der Waals surface area contributed by atoms with Gasteiger partial charge in [-0.25, -0.2) is 0 Å². The summed E-state index contributed by atoms with van der Waals surface area (Å²) in [6.07, 6.45) is 2.23. The normalized spacial score (nSPS) is 16.0. The molecule has 2 rings (SSSR count). The molecule has 2 N–H and O–H groups in total. The zero-order valence-electron chi connectivity index (χ0n) is 11.6. The maximum Gasteiger partial charge on any atom is 0.246 e. The Morgan fingerprint density at radius 1 is 1.30 bits per heavy atom. The molecule has 1 fully saturated rings. The lowest BCUT2D eigenvalue weighted by molar-refractivity contribution is -0.128. The summed E-state index contributed by atoms with van der Waals surface area (Å²) in [6, 6.07) is 10.2.